The normalized spacial score (nSPS) is 11.6. The van der Waals surface area contributed by atoms with E-state index in [1.54, 1.807) is 6.20 Å². The van der Waals surface area contributed by atoms with Gasteiger partial charge in [-0.05, 0) is 36.2 Å². The minimum absolute atomic E-state index is 0.434. The predicted octanol–water partition coefficient (Wildman–Crippen LogP) is 4.57. The smallest absolute Gasteiger partial charge is 0.203 e. The minimum atomic E-state index is 0.434. The number of hydrogen-bond acceptors (Lipinski definition) is 6. The van der Waals surface area contributed by atoms with Crippen molar-refractivity contribution in [2.45, 2.75) is 20.3 Å². The number of hydrogen-bond donors (Lipinski definition) is 2. The third-order valence-electron chi connectivity index (χ3n) is 4.84. The van der Waals surface area contributed by atoms with Crippen molar-refractivity contribution in [3.05, 3.63) is 58.9 Å². The van der Waals surface area contributed by atoms with Gasteiger partial charge >= 0.3 is 0 Å². The molecule has 31 heavy (non-hydrogen) atoms. The highest BCUT2D eigenvalue weighted by Crippen LogP contribution is 2.27. The van der Waals surface area contributed by atoms with Crippen LogP contribution in [-0.2, 0) is 6.42 Å². The van der Waals surface area contributed by atoms with E-state index >= 15 is 0 Å². The highest BCUT2D eigenvalue weighted by Gasteiger charge is 2.13. The number of benzene rings is 1. The van der Waals surface area contributed by atoms with Crippen LogP contribution >= 0.6 is 11.6 Å². The van der Waals surface area contributed by atoms with E-state index < -0.39 is 0 Å². The molecule has 5 aromatic rings. The van der Waals surface area contributed by atoms with Gasteiger partial charge in [0.25, 0.3) is 0 Å². The number of H-pyrrole nitrogens is 2. The fourth-order valence-electron chi connectivity index (χ4n) is 3.38. The summed E-state index contributed by atoms with van der Waals surface area (Å²) in [6, 6.07) is 11.6. The van der Waals surface area contributed by atoms with Crippen molar-refractivity contribution in [3.8, 4) is 17.3 Å². The van der Waals surface area contributed by atoms with E-state index in [0.29, 0.717) is 35.4 Å². The maximum Gasteiger partial charge on any atom is 0.203 e. The number of nitrogens with one attached hydrogen (secondary N) is 2. The van der Waals surface area contributed by atoms with Crippen molar-refractivity contribution in [1.29, 1.82) is 0 Å². The molecule has 0 unspecified atom stereocenters. The zero-order chi connectivity index (χ0) is 21.4. The Hall–Kier alpha value is -3.52. The fourth-order valence-corrected chi connectivity index (χ4v) is 3.58. The second-order valence-corrected chi connectivity index (χ2v) is 8.20. The maximum atomic E-state index is 6.25. The third kappa shape index (κ3) is 3.94. The van der Waals surface area contributed by atoms with Crippen LogP contribution in [0, 0.1) is 5.92 Å². The number of aromatic nitrogens is 7. The lowest BCUT2D eigenvalue weighted by Crippen LogP contribution is -2.06. The van der Waals surface area contributed by atoms with E-state index in [4.69, 9.17) is 21.3 Å². The Labute approximate surface area is 183 Å². The zero-order valence-electron chi connectivity index (χ0n) is 17.1. The SMILES string of the molecule is CC(C)COc1ccc(Cl)cc1Cc1cccc(-c2nc3cnc4nn[nH]c4c3[nH]2)n1. The molecule has 156 valence electrons. The monoisotopic (exact) mass is 433 g/mol. The summed E-state index contributed by atoms with van der Waals surface area (Å²) in [5.41, 5.74) is 5.41. The summed E-state index contributed by atoms with van der Waals surface area (Å²) < 4.78 is 5.99. The molecule has 0 aliphatic rings. The van der Waals surface area contributed by atoms with E-state index in [-0.39, 0.29) is 0 Å². The van der Waals surface area contributed by atoms with Gasteiger partial charge in [0.05, 0.1) is 18.3 Å². The Balaban J connectivity index is 1.47. The molecule has 8 nitrogen and oxygen atoms in total. The molecule has 0 saturated heterocycles. The molecule has 2 N–H and O–H groups in total. The lowest BCUT2D eigenvalue weighted by Gasteiger charge is -2.13. The molecule has 0 radical (unpaired) electrons. The molecule has 0 bridgehead atoms. The molecular weight excluding hydrogens is 414 g/mol. The average molecular weight is 434 g/mol. The van der Waals surface area contributed by atoms with Crippen LogP contribution in [0.4, 0.5) is 0 Å². The Bertz CT molecular complexity index is 1380. The number of rotatable bonds is 6. The highest BCUT2D eigenvalue weighted by molar-refractivity contribution is 6.30. The van der Waals surface area contributed by atoms with Crippen molar-refractivity contribution in [2.75, 3.05) is 6.61 Å². The van der Waals surface area contributed by atoms with Crippen LogP contribution in [0.2, 0.25) is 5.02 Å². The first-order chi connectivity index (χ1) is 15.1. The van der Waals surface area contributed by atoms with E-state index in [1.165, 1.54) is 0 Å². The van der Waals surface area contributed by atoms with Crippen LogP contribution < -0.4 is 4.74 Å². The second-order valence-electron chi connectivity index (χ2n) is 7.76. The van der Waals surface area contributed by atoms with Gasteiger partial charge in [0.15, 0.2) is 5.82 Å². The molecule has 9 heteroatoms. The van der Waals surface area contributed by atoms with Gasteiger partial charge < -0.3 is 9.72 Å². The van der Waals surface area contributed by atoms with Gasteiger partial charge in [-0.3, -0.25) is 5.10 Å². The van der Waals surface area contributed by atoms with Crippen LogP contribution in [0.5, 0.6) is 5.75 Å². The van der Waals surface area contributed by atoms with Crippen LogP contribution in [0.25, 0.3) is 33.7 Å². The number of pyridine rings is 2. The molecule has 0 amide bonds. The molecular formula is C22H20ClN7O. The van der Waals surface area contributed by atoms with Crippen molar-refractivity contribution < 1.29 is 4.74 Å². The molecule has 0 fully saturated rings. The van der Waals surface area contributed by atoms with Gasteiger partial charge in [-0.1, -0.05) is 36.7 Å². The number of fused-ring (bicyclic) bond motifs is 3. The first kappa shape index (κ1) is 19.4. The van der Waals surface area contributed by atoms with E-state index in [0.717, 1.165) is 39.3 Å². The highest BCUT2D eigenvalue weighted by atomic mass is 35.5. The average Bonchev–Trinajstić information content (AvgIpc) is 3.40. The fraction of sp³-hybridized carbons (Fsp3) is 0.227. The molecule has 5 rings (SSSR count). The number of aromatic amines is 2. The number of imidazole rings is 1. The number of nitrogens with zero attached hydrogens (tertiary/aromatic N) is 5. The minimum Gasteiger partial charge on any atom is -0.493 e. The quantitative estimate of drug-likeness (QED) is 0.406. The largest absolute Gasteiger partial charge is 0.493 e. The van der Waals surface area contributed by atoms with E-state index in [2.05, 4.69) is 44.2 Å². The Morgan fingerprint density at radius 2 is 2.00 bits per heavy atom. The summed E-state index contributed by atoms with van der Waals surface area (Å²) in [4.78, 5) is 17.0. The predicted molar refractivity (Wildman–Crippen MR) is 119 cm³/mol. The van der Waals surface area contributed by atoms with Crippen molar-refractivity contribution in [1.82, 2.24) is 35.3 Å². The molecule has 4 aromatic heterocycles. The van der Waals surface area contributed by atoms with Crippen molar-refractivity contribution >= 4 is 33.8 Å². The maximum absolute atomic E-state index is 6.25. The molecule has 0 aliphatic heterocycles. The molecule has 0 aliphatic carbocycles. The van der Waals surface area contributed by atoms with Crippen LogP contribution in [0.3, 0.4) is 0 Å². The van der Waals surface area contributed by atoms with Crippen molar-refractivity contribution in [3.63, 3.8) is 0 Å². The van der Waals surface area contributed by atoms with Gasteiger partial charge in [0, 0.05) is 22.7 Å². The molecule has 0 atom stereocenters. The Kier molecular flexibility index (Phi) is 4.99. The topological polar surface area (TPSA) is 105 Å². The summed E-state index contributed by atoms with van der Waals surface area (Å²) >= 11 is 6.25. The Morgan fingerprint density at radius 1 is 1.10 bits per heavy atom. The van der Waals surface area contributed by atoms with Crippen LogP contribution in [0.15, 0.2) is 42.6 Å². The lowest BCUT2D eigenvalue weighted by atomic mass is 10.1. The molecule has 4 heterocycles. The first-order valence-electron chi connectivity index (χ1n) is 10.00. The second kappa shape index (κ2) is 7.96. The zero-order valence-corrected chi connectivity index (χ0v) is 17.8. The lowest BCUT2D eigenvalue weighted by molar-refractivity contribution is 0.269. The molecule has 1 aromatic carbocycles. The first-order valence-corrected chi connectivity index (χ1v) is 10.4. The molecule has 0 spiro atoms. The van der Waals surface area contributed by atoms with E-state index in [1.807, 2.05) is 36.4 Å². The standard InChI is InChI=1S/C22H20ClN7O/c1-12(2)11-31-18-7-6-14(23)8-13(18)9-15-4-3-5-16(25-15)21-26-17-10-24-22-20(19(17)27-21)28-30-29-22/h3-8,10,12H,9,11H2,1-2H3,(H,26,27)(H,24,28,29,30). The van der Waals surface area contributed by atoms with Gasteiger partial charge in [-0.15, -0.1) is 5.10 Å². The number of ether oxygens (including phenoxy) is 1. The van der Waals surface area contributed by atoms with Crippen LogP contribution in [0.1, 0.15) is 25.1 Å². The van der Waals surface area contributed by atoms with Gasteiger partial charge in [-0.2, -0.15) is 0 Å². The van der Waals surface area contributed by atoms with Crippen molar-refractivity contribution in [2.24, 2.45) is 5.92 Å². The summed E-state index contributed by atoms with van der Waals surface area (Å²) in [5.74, 6) is 1.92. The summed E-state index contributed by atoms with van der Waals surface area (Å²) in [6.07, 6.45) is 2.27. The third-order valence-corrected chi connectivity index (χ3v) is 5.07. The van der Waals surface area contributed by atoms with Gasteiger partial charge in [-0.25, -0.2) is 15.0 Å². The van der Waals surface area contributed by atoms with E-state index in [9.17, 15) is 0 Å². The molecule has 0 saturated carbocycles. The summed E-state index contributed by atoms with van der Waals surface area (Å²) in [6.45, 7) is 4.89. The summed E-state index contributed by atoms with van der Waals surface area (Å²) in [5, 5.41) is 11.3. The van der Waals surface area contributed by atoms with Gasteiger partial charge in [0.1, 0.15) is 22.5 Å². The van der Waals surface area contributed by atoms with Crippen LogP contribution in [-0.4, -0.2) is 42.0 Å². The summed E-state index contributed by atoms with van der Waals surface area (Å²) in [7, 11) is 0. The number of halogens is 1. The van der Waals surface area contributed by atoms with Gasteiger partial charge in [0.2, 0.25) is 5.65 Å². The Morgan fingerprint density at radius 3 is 2.87 bits per heavy atom.